The maximum Gasteiger partial charge on any atom is 0.277 e. The molecule has 0 bridgehead atoms. The van der Waals surface area contributed by atoms with Gasteiger partial charge in [0.15, 0.2) is 6.10 Å². The molecule has 1 aromatic heterocycles. The number of halogens is 1. The molecule has 1 aromatic carbocycles. The van der Waals surface area contributed by atoms with Crippen LogP contribution in [0.5, 0.6) is 5.75 Å². The molecule has 0 saturated carbocycles. The van der Waals surface area contributed by atoms with Crippen molar-refractivity contribution in [2.24, 2.45) is 5.73 Å². The molecule has 2 heterocycles. The maximum atomic E-state index is 12.7. The van der Waals surface area contributed by atoms with Crippen molar-refractivity contribution in [3.8, 4) is 5.75 Å². The number of fused-ring (bicyclic) bond motifs is 1. The second-order valence-electron chi connectivity index (χ2n) is 4.75. The van der Waals surface area contributed by atoms with E-state index in [1.54, 1.807) is 30.3 Å². The molecule has 1 atom stereocenters. The van der Waals surface area contributed by atoms with Crippen molar-refractivity contribution < 1.29 is 14.3 Å². The molecule has 0 aliphatic carbocycles. The second-order valence-corrected chi connectivity index (χ2v) is 5.19. The quantitative estimate of drug-likeness (QED) is 0.912. The minimum Gasteiger partial charge on any atom is -0.477 e. The molecule has 6 nitrogen and oxygen atoms in total. The third kappa shape index (κ3) is 2.60. The fourth-order valence-corrected chi connectivity index (χ4v) is 2.39. The van der Waals surface area contributed by atoms with Crippen LogP contribution >= 0.6 is 11.6 Å². The number of aromatic nitrogens is 1. The van der Waals surface area contributed by atoms with Gasteiger partial charge in [0, 0.05) is 11.2 Å². The number of benzene rings is 1. The molecule has 1 aliphatic heterocycles. The number of amides is 2. The average molecular weight is 318 g/mol. The first kappa shape index (κ1) is 14.3. The fourth-order valence-electron chi connectivity index (χ4n) is 2.23. The zero-order chi connectivity index (χ0) is 15.7. The van der Waals surface area contributed by atoms with E-state index in [9.17, 15) is 9.59 Å². The van der Waals surface area contributed by atoms with Gasteiger partial charge in [-0.2, -0.15) is 0 Å². The Morgan fingerprint density at radius 3 is 2.82 bits per heavy atom. The Kier molecular flexibility index (Phi) is 3.68. The Labute approximate surface area is 131 Å². The number of hydrogen-bond donors (Lipinski definition) is 1. The Bertz CT molecular complexity index is 750. The fraction of sp³-hybridized carbons (Fsp3) is 0.133. The van der Waals surface area contributed by atoms with Crippen molar-refractivity contribution in [3.05, 3.63) is 53.3 Å². The smallest absolute Gasteiger partial charge is 0.277 e. The van der Waals surface area contributed by atoms with Gasteiger partial charge < -0.3 is 10.5 Å². The van der Waals surface area contributed by atoms with Crippen LogP contribution in [0.1, 0.15) is 10.5 Å². The van der Waals surface area contributed by atoms with E-state index in [1.165, 1.54) is 17.2 Å². The highest BCUT2D eigenvalue weighted by atomic mass is 35.5. The first-order valence-electron chi connectivity index (χ1n) is 6.54. The van der Waals surface area contributed by atoms with Gasteiger partial charge >= 0.3 is 0 Å². The number of anilines is 1. The van der Waals surface area contributed by atoms with E-state index in [-0.39, 0.29) is 18.1 Å². The van der Waals surface area contributed by atoms with Crippen molar-refractivity contribution >= 4 is 29.1 Å². The van der Waals surface area contributed by atoms with E-state index in [0.29, 0.717) is 16.5 Å². The molecule has 112 valence electrons. The highest BCUT2D eigenvalue weighted by Gasteiger charge is 2.33. The van der Waals surface area contributed by atoms with Crippen molar-refractivity contribution in [3.63, 3.8) is 0 Å². The number of pyridine rings is 1. The number of carbonyl (C=O) groups is 2. The number of nitrogens with zero attached hydrogens (tertiary/aromatic N) is 2. The van der Waals surface area contributed by atoms with Crippen LogP contribution in [0.2, 0.25) is 5.02 Å². The van der Waals surface area contributed by atoms with Crippen LogP contribution < -0.4 is 15.4 Å². The lowest BCUT2D eigenvalue weighted by molar-refractivity contribution is -0.124. The molecule has 22 heavy (non-hydrogen) atoms. The average Bonchev–Trinajstić information content (AvgIpc) is 2.53. The summed E-state index contributed by atoms with van der Waals surface area (Å²) >= 11 is 5.90. The second kappa shape index (κ2) is 5.65. The summed E-state index contributed by atoms with van der Waals surface area (Å²) in [6.07, 6.45) is 0.547. The summed E-state index contributed by atoms with van der Waals surface area (Å²) in [7, 11) is 0. The van der Waals surface area contributed by atoms with Crippen molar-refractivity contribution in [2.45, 2.75) is 6.10 Å². The molecule has 2 aromatic rings. The molecular formula is C15H12ClN3O3. The molecule has 7 heteroatoms. The molecule has 0 saturated heterocycles. The van der Waals surface area contributed by atoms with Crippen molar-refractivity contribution in [2.75, 3.05) is 11.4 Å². The first-order valence-corrected chi connectivity index (χ1v) is 6.92. The molecule has 3 rings (SSSR count). The van der Waals surface area contributed by atoms with E-state index >= 15 is 0 Å². The monoisotopic (exact) mass is 317 g/mol. The molecule has 0 radical (unpaired) electrons. The van der Waals surface area contributed by atoms with Crippen molar-refractivity contribution in [1.29, 1.82) is 0 Å². The standard InChI is InChI=1S/C15H12ClN3O3/c16-9-5-6-18-10(7-9)15(21)19-8-13(14(17)20)22-12-4-2-1-3-11(12)19/h1-7,13H,8H2,(H2,17,20)/t13-/m1/s1. The number of carbonyl (C=O) groups excluding carboxylic acids is 2. The zero-order valence-electron chi connectivity index (χ0n) is 11.4. The Hall–Kier alpha value is -2.60. The number of primary amides is 1. The van der Waals surface area contributed by atoms with Gasteiger partial charge in [-0.05, 0) is 24.3 Å². The molecule has 0 fully saturated rings. The summed E-state index contributed by atoms with van der Waals surface area (Å²) < 4.78 is 5.52. The number of hydrogen-bond acceptors (Lipinski definition) is 4. The predicted octanol–water partition coefficient (Wildman–Crippen LogP) is 1.63. The van der Waals surface area contributed by atoms with E-state index < -0.39 is 12.0 Å². The van der Waals surface area contributed by atoms with Crippen LogP contribution in [0.15, 0.2) is 42.6 Å². The van der Waals surface area contributed by atoms with E-state index in [0.717, 1.165) is 0 Å². The number of ether oxygens (including phenoxy) is 1. The molecular weight excluding hydrogens is 306 g/mol. The Balaban J connectivity index is 2.01. The van der Waals surface area contributed by atoms with Crippen molar-refractivity contribution in [1.82, 2.24) is 4.98 Å². The Morgan fingerprint density at radius 1 is 1.32 bits per heavy atom. The summed E-state index contributed by atoms with van der Waals surface area (Å²) in [5.74, 6) is -0.580. The topological polar surface area (TPSA) is 85.5 Å². The largest absolute Gasteiger partial charge is 0.477 e. The molecule has 2 amide bonds. The van der Waals surface area contributed by atoms with Crippen LogP contribution in [0.4, 0.5) is 5.69 Å². The van der Waals surface area contributed by atoms with Crippen LogP contribution in [0, 0.1) is 0 Å². The third-order valence-corrected chi connectivity index (χ3v) is 3.51. The van der Waals surface area contributed by atoms with Gasteiger partial charge in [-0.3, -0.25) is 19.5 Å². The summed E-state index contributed by atoms with van der Waals surface area (Å²) in [6.45, 7) is 0.0272. The maximum absolute atomic E-state index is 12.7. The zero-order valence-corrected chi connectivity index (χ0v) is 12.2. The minimum absolute atomic E-state index is 0.0272. The predicted molar refractivity (Wildman–Crippen MR) is 81.0 cm³/mol. The van der Waals surface area contributed by atoms with Crippen LogP contribution in [0.25, 0.3) is 0 Å². The molecule has 2 N–H and O–H groups in total. The van der Waals surface area contributed by atoms with E-state index in [1.807, 2.05) is 0 Å². The summed E-state index contributed by atoms with van der Waals surface area (Å²) in [4.78, 5) is 29.6. The first-order chi connectivity index (χ1) is 10.6. The Morgan fingerprint density at radius 2 is 2.09 bits per heavy atom. The number of para-hydroxylation sites is 2. The minimum atomic E-state index is -0.905. The van der Waals surface area contributed by atoms with Gasteiger partial charge in [0.25, 0.3) is 11.8 Å². The third-order valence-electron chi connectivity index (χ3n) is 3.28. The lowest BCUT2D eigenvalue weighted by atomic mass is 10.1. The highest BCUT2D eigenvalue weighted by molar-refractivity contribution is 6.31. The number of rotatable bonds is 2. The van der Waals surface area contributed by atoms with Gasteiger partial charge in [0.05, 0.1) is 12.2 Å². The van der Waals surface area contributed by atoms with Crippen LogP contribution in [-0.2, 0) is 4.79 Å². The van der Waals surface area contributed by atoms with Crippen LogP contribution in [0.3, 0.4) is 0 Å². The normalized spacial score (nSPS) is 16.6. The summed E-state index contributed by atoms with van der Waals surface area (Å²) in [5.41, 5.74) is 6.06. The van der Waals surface area contributed by atoms with Gasteiger partial charge in [-0.15, -0.1) is 0 Å². The molecule has 1 aliphatic rings. The van der Waals surface area contributed by atoms with E-state index in [2.05, 4.69) is 4.98 Å². The van der Waals surface area contributed by atoms with Gasteiger partial charge in [0.1, 0.15) is 11.4 Å². The van der Waals surface area contributed by atoms with Gasteiger partial charge in [-0.1, -0.05) is 23.7 Å². The summed E-state index contributed by atoms with van der Waals surface area (Å²) in [5, 5.41) is 0.409. The SMILES string of the molecule is NC(=O)[C@H]1CN(C(=O)c2cc(Cl)ccn2)c2ccccc2O1. The number of nitrogens with two attached hydrogens (primary N) is 1. The molecule has 0 spiro atoms. The van der Waals surface area contributed by atoms with Gasteiger partial charge in [0.2, 0.25) is 0 Å². The van der Waals surface area contributed by atoms with Crippen LogP contribution in [-0.4, -0.2) is 29.4 Å². The summed E-state index contributed by atoms with van der Waals surface area (Å²) in [6, 6.07) is 9.99. The van der Waals surface area contributed by atoms with E-state index in [4.69, 9.17) is 22.1 Å². The highest BCUT2D eigenvalue weighted by Crippen LogP contribution is 2.33. The molecule has 0 unspecified atom stereocenters. The lowest BCUT2D eigenvalue weighted by Crippen LogP contribution is -2.49. The van der Waals surface area contributed by atoms with Gasteiger partial charge in [-0.25, -0.2) is 0 Å². The lowest BCUT2D eigenvalue weighted by Gasteiger charge is -2.33.